The third kappa shape index (κ3) is 5.22. The maximum atomic E-state index is 13.0. The number of fused-ring (bicyclic) bond motifs is 1. The summed E-state index contributed by atoms with van der Waals surface area (Å²) < 4.78 is 0. The molecule has 0 bridgehead atoms. The van der Waals surface area contributed by atoms with Gasteiger partial charge in [-0.2, -0.15) is 0 Å². The molecule has 2 N–H and O–H groups in total. The zero-order valence-electron chi connectivity index (χ0n) is 16.5. The van der Waals surface area contributed by atoms with Crippen molar-refractivity contribution in [3.63, 3.8) is 0 Å². The van der Waals surface area contributed by atoms with Crippen LogP contribution in [0.25, 0.3) is 0 Å². The number of benzene rings is 2. The summed E-state index contributed by atoms with van der Waals surface area (Å²) >= 11 is 11.3. The van der Waals surface area contributed by atoms with Gasteiger partial charge in [0, 0.05) is 30.5 Å². The second kappa shape index (κ2) is 9.51. The van der Waals surface area contributed by atoms with E-state index in [1.165, 1.54) is 11.1 Å². The predicted octanol–water partition coefficient (Wildman–Crippen LogP) is 4.52. The number of rotatable bonds is 6. The highest BCUT2D eigenvalue weighted by Crippen LogP contribution is 2.30. The number of alkyl halides is 2. The number of amides is 2. The molecule has 0 saturated heterocycles. The lowest BCUT2D eigenvalue weighted by molar-refractivity contribution is -0.114. The molecule has 2 amide bonds. The van der Waals surface area contributed by atoms with Crippen LogP contribution in [0.3, 0.4) is 0 Å². The molecule has 1 aliphatic rings. The Labute approximate surface area is 181 Å². The van der Waals surface area contributed by atoms with E-state index in [4.69, 9.17) is 23.2 Å². The Morgan fingerprint density at radius 3 is 2.55 bits per heavy atom. The fourth-order valence-electron chi connectivity index (χ4n) is 3.37. The molecule has 1 unspecified atom stereocenters. The van der Waals surface area contributed by atoms with E-state index < -0.39 is 10.7 Å². The van der Waals surface area contributed by atoms with Crippen molar-refractivity contribution in [2.45, 2.75) is 44.1 Å². The number of carbonyl (C=O) groups excluding carboxylic acids is 2. The third-order valence-corrected chi connectivity index (χ3v) is 5.56. The van der Waals surface area contributed by atoms with Gasteiger partial charge in [0.25, 0.3) is 11.8 Å². The smallest absolute Gasteiger partial charge is 0.257 e. The first kappa shape index (κ1) is 21.5. The second-order valence-corrected chi connectivity index (χ2v) is 8.34. The predicted molar refractivity (Wildman–Crippen MR) is 119 cm³/mol. The summed E-state index contributed by atoms with van der Waals surface area (Å²) in [7, 11) is 0. The zero-order chi connectivity index (χ0) is 21.0. The van der Waals surface area contributed by atoms with Crippen LogP contribution in [-0.4, -0.2) is 29.2 Å². The van der Waals surface area contributed by atoms with Gasteiger partial charge in [0.05, 0.1) is 5.56 Å². The zero-order valence-corrected chi connectivity index (χ0v) is 18.1. The van der Waals surface area contributed by atoms with E-state index in [2.05, 4.69) is 33.7 Å². The number of carbonyl (C=O) groups is 2. The summed E-state index contributed by atoms with van der Waals surface area (Å²) in [6.45, 7) is 5.53. The lowest BCUT2D eigenvalue weighted by Gasteiger charge is -2.32. The Kier molecular flexibility index (Phi) is 7.04. The molecule has 1 atom stereocenters. The van der Waals surface area contributed by atoms with Crippen molar-refractivity contribution < 1.29 is 9.59 Å². The molecule has 0 fully saturated rings. The number of nitrogens with one attached hydrogen (secondary N) is 2. The summed E-state index contributed by atoms with van der Waals surface area (Å²) in [5, 5.41) is 5.67. The van der Waals surface area contributed by atoms with E-state index >= 15 is 0 Å². The SMILES string of the molecule is CCC(C)NC(=O)c1cc(NC(=O)C(Cl)Cl)ccc1N1CCc2ccccc2C1. The minimum Gasteiger partial charge on any atom is -0.366 e. The van der Waals surface area contributed by atoms with Crippen LogP contribution in [-0.2, 0) is 17.8 Å². The second-order valence-electron chi connectivity index (χ2n) is 7.24. The first-order valence-electron chi connectivity index (χ1n) is 9.74. The quantitative estimate of drug-likeness (QED) is 0.658. The van der Waals surface area contributed by atoms with E-state index in [9.17, 15) is 9.59 Å². The number of nitrogens with zero attached hydrogens (tertiary/aromatic N) is 1. The van der Waals surface area contributed by atoms with Crippen molar-refractivity contribution in [2.24, 2.45) is 0 Å². The standard InChI is InChI=1S/C22H25Cl2N3O2/c1-3-14(2)25-21(28)18-12-17(26-22(29)20(23)24)8-9-19(18)27-11-10-15-6-4-5-7-16(15)13-27/h4-9,12,14,20H,3,10-11,13H2,1-2H3,(H,25,28)(H,26,29). The molecule has 5 nitrogen and oxygen atoms in total. The summed E-state index contributed by atoms with van der Waals surface area (Å²) in [4.78, 5) is 25.9. The third-order valence-electron chi connectivity index (χ3n) is 5.17. The minimum atomic E-state index is -1.18. The molecule has 3 rings (SSSR count). The fraction of sp³-hybridized carbons (Fsp3) is 0.364. The molecule has 0 aromatic heterocycles. The van der Waals surface area contributed by atoms with Gasteiger partial charge in [-0.15, -0.1) is 0 Å². The van der Waals surface area contributed by atoms with Crippen LogP contribution in [0.4, 0.5) is 11.4 Å². The van der Waals surface area contributed by atoms with Crippen LogP contribution in [0.5, 0.6) is 0 Å². The van der Waals surface area contributed by atoms with Crippen LogP contribution >= 0.6 is 23.2 Å². The Hall–Kier alpha value is -2.24. The van der Waals surface area contributed by atoms with Gasteiger partial charge >= 0.3 is 0 Å². The molecule has 0 radical (unpaired) electrons. The first-order chi connectivity index (χ1) is 13.9. The van der Waals surface area contributed by atoms with E-state index in [-0.39, 0.29) is 11.9 Å². The Balaban J connectivity index is 1.93. The molecule has 0 aliphatic carbocycles. The molecule has 1 aliphatic heterocycles. The summed E-state index contributed by atoms with van der Waals surface area (Å²) in [5.41, 5.74) is 4.44. The highest BCUT2D eigenvalue weighted by Gasteiger charge is 2.23. The van der Waals surface area contributed by atoms with Crippen molar-refractivity contribution >= 4 is 46.4 Å². The minimum absolute atomic E-state index is 0.0470. The number of anilines is 2. The normalized spacial score (nSPS) is 14.3. The first-order valence-corrected chi connectivity index (χ1v) is 10.6. The molecule has 154 valence electrons. The van der Waals surface area contributed by atoms with Crippen molar-refractivity contribution in [3.8, 4) is 0 Å². The summed E-state index contributed by atoms with van der Waals surface area (Å²) in [5.74, 6) is -0.695. The molecular formula is C22H25Cl2N3O2. The molecule has 2 aromatic carbocycles. The molecule has 0 spiro atoms. The number of hydrogen-bond donors (Lipinski definition) is 2. The largest absolute Gasteiger partial charge is 0.366 e. The van der Waals surface area contributed by atoms with Gasteiger partial charge in [-0.3, -0.25) is 9.59 Å². The lowest BCUT2D eigenvalue weighted by atomic mass is 9.98. The molecule has 1 heterocycles. The monoisotopic (exact) mass is 433 g/mol. The maximum Gasteiger partial charge on any atom is 0.257 e. The maximum absolute atomic E-state index is 13.0. The van der Waals surface area contributed by atoms with E-state index in [0.717, 1.165) is 31.6 Å². The van der Waals surface area contributed by atoms with Crippen LogP contribution in [0, 0.1) is 0 Å². The molecule has 0 saturated carbocycles. The van der Waals surface area contributed by atoms with Gasteiger partial charge in [-0.25, -0.2) is 0 Å². The molecule has 2 aromatic rings. The van der Waals surface area contributed by atoms with Gasteiger partial charge in [-0.1, -0.05) is 54.4 Å². The van der Waals surface area contributed by atoms with Crippen LogP contribution < -0.4 is 15.5 Å². The number of halogens is 2. The van der Waals surface area contributed by atoms with E-state index in [0.29, 0.717) is 11.3 Å². The van der Waals surface area contributed by atoms with Gasteiger partial charge in [-0.05, 0) is 49.1 Å². The Morgan fingerprint density at radius 1 is 1.14 bits per heavy atom. The van der Waals surface area contributed by atoms with Crippen molar-refractivity contribution in [1.29, 1.82) is 0 Å². The van der Waals surface area contributed by atoms with Gasteiger partial charge in [0.15, 0.2) is 4.84 Å². The van der Waals surface area contributed by atoms with Crippen molar-refractivity contribution in [1.82, 2.24) is 5.32 Å². The van der Waals surface area contributed by atoms with E-state index in [1.807, 2.05) is 26.0 Å². The average molecular weight is 434 g/mol. The average Bonchev–Trinajstić information content (AvgIpc) is 2.73. The Morgan fingerprint density at radius 2 is 1.86 bits per heavy atom. The van der Waals surface area contributed by atoms with E-state index in [1.54, 1.807) is 12.1 Å². The van der Waals surface area contributed by atoms with Crippen LogP contribution in [0.15, 0.2) is 42.5 Å². The van der Waals surface area contributed by atoms with Gasteiger partial charge < -0.3 is 15.5 Å². The number of hydrogen-bond acceptors (Lipinski definition) is 3. The fourth-order valence-corrected chi connectivity index (χ4v) is 3.48. The topological polar surface area (TPSA) is 61.4 Å². The van der Waals surface area contributed by atoms with Crippen LogP contribution in [0.2, 0.25) is 0 Å². The van der Waals surface area contributed by atoms with Gasteiger partial charge in [0.1, 0.15) is 0 Å². The summed E-state index contributed by atoms with van der Waals surface area (Å²) in [6.07, 6.45) is 1.75. The lowest BCUT2D eigenvalue weighted by Crippen LogP contribution is -2.36. The van der Waals surface area contributed by atoms with Gasteiger partial charge in [0.2, 0.25) is 0 Å². The van der Waals surface area contributed by atoms with Crippen molar-refractivity contribution in [2.75, 3.05) is 16.8 Å². The van der Waals surface area contributed by atoms with Crippen molar-refractivity contribution in [3.05, 3.63) is 59.2 Å². The summed E-state index contributed by atoms with van der Waals surface area (Å²) in [6, 6.07) is 13.7. The molecule has 29 heavy (non-hydrogen) atoms. The molecular weight excluding hydrogens is 409 g/mol. The molecule has 7 heteroatoms. The highest BCUT2D eigenvalue weighted by atomic mass is 35.5. The van der Waals surface area contributed by atoms with Crippen LogP contribution in [0.1, 0.15) is 41.8 Å². The highest BCUT2D eigenvalue weighted by molar-refractivity contribution is 6.54. The Bertz CT molecular complexity index is 901.